The van der Waals surface area contributed by atoms with Gasteiger partial charge in [0.25, 0.3) is 0 Å². The zero-order valence-corrected chi connectivity index (χ0v) is 10.8. The number of methoxy groups -OCH3 is 1. The number of phenolic OH excluding ortho intramolecular Hbond substituents is 1. The molecule has 1 aliphatic carbocycles. The molecule has 0 aliphatic heterocycles. The number of aromatic hydroxyl groups is 1. The molecule has 2 rings (SSSR count). The number of ether oxygens (including phenoxy) is 1. The van der Waals surface area contributed by atoms with Gasteiger partial charge in [-0.25, -0.2) is 0 Å². The van der Waals surface area contributed by atoms with E-state index in [2.05, 4.69) is 15.9 Å². The number of halogens is 1. The predicted molar refractivity (Wildman–Crippen MR) is 66.6 cm³/mol. The molecule has 3 nitrogen and oxygen atoms in total. The summed E-state index contributed by atoms with van der Waals surface area (Å²) in [4.78, 5) is 0. The van der Waals surface area contributed by atoms with Crippen LogP contribution in [0.5, 0.6) is 11.5 Å². The molecule has 0 unspecified atom stereocenters. The van der Waals surface area contributed by atoms with E-state index in [-0.39, 0.29) is 11.8 Å². The maximum Gasteiger partial charge on any atom is 0.134 e. The Kier molecular flexibility index (Phi) is 3.40. The quantitative estimate of drug-likeness (QED) is 0.898. The van der Waals surface area contributed by atoms with Crippen LogP contribution in [0.3, 0.4) is 0 Å². The lowest BCUT2D eigenvalue weighted by Gasteiger charge is -2.32. The van der Waals surface area contributed by atoms with Crippen molar-refractivity contribution in [1.82, 2.24) is 0 Å². The highest BCUT2D eigenvalue weighted by molar-refractivity contribution is 9.10. The minimum Gasteiger partial charge on any atom is -0.506 e. The lowest BCUT2D eigenvalue weighted by molar-refractivity contribution is 0.259. The number of nitrogens with two attached hydrogens (primary N) is 1. The van der Waals surface area contributed by atoms with E-state index in [0.29, 0.717) is 10.4 Å². The summed E-state index contributed by atoms with van der Waals surface area (Å²) in [7, 11) is 1.61. The summed E-state index contributed by atoms with van der Waals surface area (Å²) in [6.45, 7) is 0. The van der Waals surface area contributed by atoms with Gasteiger partial charge in [-0.2, -0.15) is 0 Å². The summed E-state index contributed by atoms with van der Waals surface area (Å²) in [6.07, 6.45) is 3.54. The minimum atomic E-state index is -0.0971. The van der Waals surface area contributed by atoms with E-state index in [1.165, 1.54) is 6.42 Å². The van der Waals surface area contributed by atoms with Crippen molar-refractivity contribution in [3.63, 3.8) is 0 Å². The van der Waals surface area contributed by atoms with Crippen LogP contribution in [0.4, 0.5) is 0 Å². The van der Waals surface area contributed by atoms with Crippen molar-refractivity contribution in [1.29, 1.82) is 0 Å². The minimum absolute atomic E-state index is 0.0971. The van der Waals surface area contributed by atoms with Crippen LogP contribution in [0.2, 0.25) is 0 Å². The van der Waals surface area contributed by atoms with E-state index in [0.717, 1.165) is 24.2 Å². The Morgan fingerprint density at radius 3 is 2.69 bits per heavy atom. The summed E-state index contributed by atoms with van der Waals surface area (Å²) < 4.78 is 5.81. The van der Waals surface area contributed by atoms with E-state index < -0.39 is 0 Å². The van der Waals surface area contributed by atoms with Gasteiger partial charge in [0.05, 0.1) is 11.6 Å². The molecule has 1 fully saturated rings. The van der Waals surface area contributed by atoms with Crippen LogP contribution in [-0.2, 0) is 0 Å². The summed E-state index contributed by atoms with van der Waals surface area (Å²) in [5.74, 6) is 1.44. The van der Waals surface area contributed by atoms with E-state index >= 15 is 0 Å². The van der Waals surface area contributed by atoms with Gasteiger partial charge in [-0.15, -0.1) is 0 Å². The first kappa shape index (κ1) is 11.7. The van der Waals surface area contributed by atoms with Gasteiger partial charge in [0.1, 0.15) is 11.5 Å². The van der Waals surface area contributed by atoms with Gasteiger partial charge in [-0.05, 0) is 46.8 Å². The Morgan fingerprint density at radius 1 is 1.50 bits per heavy atom. The fourth-order valence-corrected chi connectivity index (χ4v) is 2.47. The molecule has 1 aromatic rings. The molecule has 88 valence electrons. The van der Waals surface area contributed by atoms with E-state index in [9.17, 15) is 5.11 Å². The SMILES string of the molecule is COc1cc(Br)c(O)c([C@@H](N)C2CCC2)c1. The summed E-state index contributed by atoms with van der Waals surface area (Å²) in [5.41, 5.74) is 6.93. The third-order valence-electron chi connectivity index (χ3n) is 3.32. The van der Waals surface area contributed by atoms with Crippen molar-refractivity contribution in [3.8, 4) is 11.5 Å². The molecule has 4 heteroatoms. The number of rotatable bonds is 3. The normalized spacial score (nSPS) is 17.9. The van der Waals surface area contributed by atoms with E-state index in [4.69, 9.17) is 10.5 Å². The first-order chi connectivity index (χ1) is 7.63. The monoisotopic (exact) mass is 285 g/mol. The molecule has 3 N–H and O–H groups in total. The van der Waals surface area contributed by atoms with Crippen LogP contribution in [0.15, 0.2) is 16.6 Å². The molecule has 1 saturated carbocycles. The summed E-state index contributed by atoms with van der Waals surface area (Å²) in [6, 6.07) is 3.47. The van der Waals surface area contributed by atoms with Crippen molar-refractivity contribution in [2.45, 2.75) is 25.3 Å². The van der Waals surface area contributed by atoms with Gasteiger partial charge in [0, 0.05) is 11.6 Å². The van der Waals surface area contributed by atoms with Crippen LogP contribution < -0.4 is 10.5 Å². The van der Waals surface area contributed by atoms with Gasteiger partial charge >= 0.3 is 0 Å². The third kappa shape index (κ3) is 2.04. The number of hydrogen-bond donors (Lipinski definition) is 2. The molecule has 1 aromatic carbocycles. The highest BCUT2D eigenvalue weighted by Gasteiger charge is 2.28. The fourth-order valence-electron chi connectivity index (χ4n) is 2.02. The van der Waals surface area contributed by atoms with Crippen molar-refractivity contribution >= 4 is 15.9 Å². The molecule has 0 bridgehead atoms. The number of benzene rings is 1. The Hall–Kier alpha value is -0.740. The van der Waals surface area contributed by atoms with Gasteiger partial charge < -0.3 is 15.6 Å². The van der Waals surface area contributed by atoms with E-state index in [1.54, 1.807) is 13.2 Å². The van der Waals surface area contributed by atoms with Gasteiger partial charge in [0.2, 0.25) is 0 Å². The molecule has 0 saturated heterocycles. The lowest BCUT2D eigenvalue weighted by atomic mass is 9.77. The first-order valence-electron chi connectivity index (χ1n) is 5.45. The molecule has 0 heterocycles. The predicted octanol–water partition coefficient (Wildman–Crippen LogP) is 2.96. The van der Waals surface area contributed by atoms with Crippen LogP contribution >= 0.6 is 15.9 Å². The zero-order valence-electron chi connectivity index (χ0n) is 9.24. The molecule has 1 atom stereocenters. The largest absolute Gasteiger partial charge is 0.506 e. The zero-order chi connectivity index (χ0) is 11.7. The van der Waals surface area contributed by atoms with Crippen LogP contribution in [0, 0.1) is 5.92 Å². The maximum atomic E-state index is 9.97. The van der Waals surface area contributed by atoms with E-state index in [1.807, 2.05) is 6.07 Å². The standard InChI is InChI=1S/C12H16BrNO2/c1-16-8-5-9(12(15)10(13)6-8)11(14)7-3-2-4-7/h5-7,11,15H,2-4,14H2,1H3/t11-/m0/s1. The fraction of sp³-hybridized carbons (Fsp3) is 0.500. The number of hydrogen-bond acceptors (Lipinski definition) is 3. The molecular weight excluding hydrogens is 270 g/mol. The molecule has 16 heavy (non-hydrogen) atoms. The molecule has 0 radical (unpaired) electrons. The number of phenols is 1. The average Bonchev–Trinajstić information content (AvgIpc) is 2.19. The van der Waals surface area contributed by atoms with Gasteiger partial charge in [0.15, 0.2) is 0 Å². The molecular formula is C12H16BrNO2. The summed E-state index contributed by atoms with van der Waals surface area (Å²) in [5, 5.41) is 9.97. The maximum absolute atomic E-state index is 9.97. The smallest absolute Gasteiger partial charge is 0.134 e. The van der Waals surface area contributed by atoms with Crippen LogP contribution in [0.25, 0.3) is 0 Å². The Balaban J connectivity index is 2.33. The lowest BCUT2D eigenvalue weighted by Crippen LogP contribution is -2.26. The average molecular weight is 286 g/mol. The molecule has 0 amide bonds. The van der Waals surface area contributed by atoms with Gasteiger partial charge in [-0.3, -0.25) is 0 Å². The third-order valence-corrected chi connectivity index (χ3v) is 3.92. The molecule has 0 aromatic heterocycles. The Morgan fingerprint density at radius 2 is 2.19 bits per heavy atom. The van der Waals surface area contributed by atoms with Crippen LogP contribution in [-0.4, -0.2) is 12.2 Å². The Labute approximate surface area is 104 Å². The second-order valence-electron chi connectivity index (χ2n) is 4.26. The first-order valence-corrected chi connectivity index (χ1v) is 6.24. The molecule has 0 spiro atoms. The highest BCUT2D eigenvalue weighted by atomic mass is 79.9. The Bertz CT molecular complexity index is 391. The van der Waals surface area contributed by atoms with Crippen molar-refractivity contribution in [3.05, 3.63) is 22.2 Å². The van der Waals surface area contributed by atoms with Crippen LogP contribution in [0.1, 0.15) is 30.9 Å². The summed E-state index contributed by atoms with van der Waals surface area (Å²) >= 11 is 3.31. The topological polar surface area (TPSA) is 55.5 Å². The van der Waals surface area contributed by atoms with Crippen molar-refractivity contribution in [2.75, 3.05) is 7.11 Å². The van der Waals surface area contributed by atoms with Gasteiger partial charge in [-0.1, -0.05) is 6.42 Å². The highest BCUT2D eigenvalue weighted by Crippen LogP contribution is 2.42. The van der Waals surface area contributed by atoms with Crippen molar-refractivity contribution in [2.24, 2.45) is 11.7 Å². The van der Waals surface area contributed by atoms with Crippen molar-refractivity contribution < 1.29 is 9.84 Å². The molecule has 1 aliphatic rings. The second kappa shape index (κ2) is 4.63. The second-order valence-corrected chi connectivity index (χ2v) is 5.12.